The molecule has 3 fully saturated rings. The molecule has 3 aliphatic rings. The number of benzene rings is 3. The van der Waals surface area contributed by atoms with Gasteiger partial charge in [-0.25, -0.2) is 0 Å². The van der Waals surface area contributed by atoms with E-state index in [9.17, 15) is 0 Å². The maximum atomic E-state index is 6.95. The molecule has 3 unspecified atom stereocenters. The lowest BCUT2D eigenvalue weighted by molar-refractivity contribution is -0.399. The molecule has 0 amide bonds. The molecule has 3 aliphatic heterocycles. The second kappa shape index (κ2) is 9.55. The summed E-state index contributed by atoms with van der Waals surface area (Å²) in [5, 5.41) is -4.62. The second-order valence-electron chi connectivity index (χ2n) is 8.81. The number of ether oxygens (including phenoxy) is 6. The van der Waals surface area contributed by atoms with E-state index in [4.69, 9.17) is 63.2 Å². The van der Waals surface area contributed by atoms with Crippen molar-refractivity contribution in [2.45, 2.75) is 40.2 Å². The minimum absolute atomic E-state index is 0.114. The van der Waals surface area contributed by atoms with E-state index in [1.807, 2.05) is 91.0 Å². The van der Waals surface area contributed by atoms with Crippen molar-refractivity contribution >= 4 is 34.8 Å². The molecule has 6 rings (SSSR count). The van der Waals surface area contributed by atoms with E-state index in [-0.39, 0.29) is 13.2 Å². The van der Waals surface area contributed by atoms with Crippen LogP contribution in [0.25, 0.3) is 0 Å². The van der Waals surface area contributed by atoms with Crippen molar-refractivity contribution in [1.82, 2.24) is 0 Å². The predicted octanol–water partition coefficient (Wildman–Crippen LogP) is 5.75. The van der Waals surface area contributed by atoms with E-state index >= 15 is 0 Å². The van der Waals surface area contributed by atoms with Gasteiger partial charge in [0.25, 0.3) is 15.7 Å². The zero-order valence-electron chi connectivity index (χ0n) is 19.0. The normalized spacial score (nSPS) is 38.4. The smallest absolute Gasteiger partial charge is 0.277 e. The van der Waals surface area contributed by atoms with E-state index < -0.39 is 40.2 Å². The molecule has 3 heterocycles. The highest BCUT2D eigenvalue weighted by Crippen LogP contribution is 2.49. The van der Waals surface area contributed by atoms with Gasteiger partial charge in [0.15, 0.2) is 0 Å². The lowest BCUT2D eigenvalue weighted by atomic mass is 9.99. The minimum atomic E-state index is -1.60. The molecule has 7 atom stereocenters. The Morgan fingerprint density at radius 3 is 1.25 bits per heavy atom. The number of hydrogen-bond acceptors (Lipinski definition) is 6. The Balaban J connectivity index is 1.34. The number of halogens is 3. The van der Waals surface area contributed by atoms with E-state index in [1.165, 1.54) is 0 Å². The SMILES string of the molecule is ClC1(c2ccccc2)OC[C@H]2OC(Cl)(c3ccccc3)O[C@H]([C@@H]3COC(Cl)(c4ccccc4)O3)[C@@H]2O1. The minimum Gasteiger partial charge on any atom is -0.331 e. The van der Waals surface area contributed by atoms with Gasteiger partial charge in [0.05, 0.1) is 13.2 Å². The zero-order valence-corrected chi connectivity index (χ0v) is 21.2. The summed E-state index contributed by atoms with van der Waals surface area (Å²) < 4.78 is 37.2. The van der Waals surface area contributed by atoms with Crippen LogP contribution in [0.5, 0.6) is 0 Å². The summed E-state index contributed by atoms with van der Waals surface area (Å²) in [6.45, 7) is 0.251. The fourth-order valence-electron chi connectivity index (χ4n) is 4.67. The Labute approximate surface area is 223 Å². The van der Waals surface area contributed by atoms with Crippen molar-refractivity contribution in [3.8, 4) is 0 Å². The molecule has 0 radical (unpaired) electrons. The van der Waals surface area contributed by atoms with Crippen molar-refractivity contribution < 1.29 is 28.4 Å². The Morgan fingerprint density at radius 2 is 0.806 bits per heavy atom. The number of alkyl halides is 3. The van der Waals surface area contributed by atoms with Gasteiger partial charge < -0.3 is 28.4 Å². The van der Waals surface area contributed by atoms with Gasteiger partial charge in [-0.1, -0.05) is 126 Å². The van der Waals surface area contributed by atoms with Crippen molar-refractivity contribution in [1.29, 1.82) is 0 Å². The molecule has 3 aromatic rings. The summed E-state index contributed by atoms with van der Waals surface area (Å²) in [6, 6.07) is 27.8. The van der Waals surface area contributed by atoms with Crippen LogP contribution < -0.4 is 0 Å². The van der Waals surface area contributed by atoms with Crippen molar-refractivity contribution in [2.75, 3.05) is 13.2 Å². The number of hydrogen-bond donors (Lipinski definition) is 0. The summed E-state index contributed by atoms with van der Waals surface area (Å²) in [4.78, 5) is 0. The summed E-state index contributed by atoms with van der Waals surface area (Å²) in [7, 11) is 0. The van der Waals surface area contributed by atoms with Crippen LogP contribution in [0.15, 0.2) is 91.0 Å². The first-order valence-electron chi connectivity index (χ1n) is 11.6. The van der Waals surface area contributed by atoms with Crippen LogP contribution in [0.2, 0.25) is 0 Å². The topological polar surface area (TPSA) is 55.4 Å². The monoisotopic (exact) mass is 548 g/mol. The van der Waals surface area contributed by atoms with Crippen LogP contribution in [-0.4, -0.2) is 37.6 Å². The number of fused-ring (bicyclic) bond motifs is 1. The first kappa shape index (κ1) is 24.6. The maximum Gasteiger partial charge on any atom is 0.277 e. The van der Waals surface area contributed by atoms with E-state index in [2.05, 4.69) is 0 Å². The van der Waals surface area contributed by atoms with Crippen LogP contribution in [0.3, 0.4) is 0 Å². The van der Waals surface area contributed by atoms with E-state index in [0.717, 1.165) is 0 Å². The Kier molecular flexibility index (Phi) is 6.53. The molecule has 0 bridgehead atoms. The van der Waals surface area contributed by atoms with Crippen LogP contribution in [-0.2, 0) is 44.2 Å². The van der Waals surface area contributed by atoms with Gasteiger partial charge in [0.1, 0.15) is 24.4 Å². The molecule has 9 heteroatoms. The van der Waals surface area contributed by atoms with Crippen LogP contribution >= 0.6 is 34.8 Å². The van der Waals surface area contributed by atoms with Crippen molar-refractivity contribution in [3.63, 3.8) is 0 Å². The molecule has 0 spiro atoms. The van der Waals surface area contributed by atoms with Crippen LogP contribution in [0.4, 0.5) is 0 Å². The van der Waals surface area contributed by atoms with Crippen molar-refractivity contribution in [2.24, 2.45) is 0 Å². The lowest BCUT2D eigenvalue weighted by Gasteiger charge is -2.51. The van der Waals surface area contributed by atoms with Crippen molar-refractivity contribution in [3.05, 3.63) is 108 Å². The standard InChI is InChI=1S/C27H23Cl3O6/c28-25(18-10-4-1-5-11-18)31-16-21(33-25)24-23-22(34-27(30,36-24)20-14-8-3-9-15-20)17-32-26(29,35-23)19-12-6-2-7-13-19/h1-15,21-24H,16-17H2/t21-,22+,23+,24+,25?,26?,27?/m0/s1. The summed E-state index contributed by atoms with van der Waals surface area (Å²) in [6.07, 6.45) is -2.70. The van der Waals surface area contributed by atoms with Gasteiger partial charge in [-0.15, -0.1) is 0 Å². The van der Waals surface area contributed by atoms with Gasteiger partial charge in [0, 0.05) is 16.7 Å². The van der Waals surface area contributed by atoms with Gasteiger partial charge in [-0.3, -0.25) is 0 Å². The van der Waals surface area contributed by atoms with Crippen LogP contribution in [0.1, 0.15) is 16.7 Å². The third-order valence-electron chi connectivity index (χ3n) is 6.46. The van der Waals surface area contributed by atoms with Gasteiger partial charge in [0.2, 0.25) is 0 Å². The van der Waals surface area contributed by atoms with Gasteiger partial charge >= 0.3 is 0 Å². The summed E-state index contributed by atoms with van der Waals surface area (Å²) in [5.74, 6) is 0. The molecular formula is C27H23Cl3O6. The molecule has 36 heavy (non-hydrogen) atoms. The highest BCUT2D eigenvalue weighted by Gasteiger charge is 2.59. The van der Waals surface area contributed by atoms with E-state index in [1.54, 1.807) is 0 Å². The maximum absolute atomic E-state index is 6.95. The lowest BCUT2D eigenvalue weighted by Crippen LogP contribution is -2.64. The largest absolute Gasteiger partial charge is 0.331 e. The third kappa shape index (κ3) is 4.45. The second-order valence-corrected chi connectivity index (χ2v) is 10.3. The Morgan fingerprint density at radius 1 is 0.472 bits per heavy atom. The summed E-state index contributed by atoms with van der Waals surface area (Å²) >= 11 is 20.6. The summed E-state index contributed by atoms with van der Waals surface area (Å²) in [5.41, 5.74) is 1.94. The molecule has 6 nitrogen and oxygen atoms in total. The van der Waals surface area contributed by atoms with Gasteiger partial charge in [-0.05, 0) is 0 Å². The molecule has 0 N–H and O–H groups in total. The van der Waals surface area contributed by atoms with Gasteiger partial charge in [-0.2, -0.15) is 0 Å². The fraction of sp³-hybridized carbons (Fsp3) is 0.333. The molecule has 3 aromatic carbocycles. The molecule has 0 aliphatic carbocycles. The zero-order chi connectivity index (χ0) is 24.8. The molecule has 0 aromatic heterocycles. The quantitative estimate of drug-likeness (QED) is 0.387. The average Bonchev–Trinajstić information content (AvgIpc) is 3.33. The highest BCUT2D eigenvalue weighted by atomic mass is 35.5. The Bertz CT molecular complexity index is 1190. The fourth-order valence-corrected chi connectivity index (χ4v) is 5.60. The first-order valence-corrected chi connectivity index (χ1v) is 12.7. The molecular weight excluding hydrogens is 527 g/mol. The molecule has 188 valence electrons. The number of rotatable bonds is 4. The highest BCUT2D eigenvalue weighted by molar-refractivity contribution is 6.22. The average molecular weight is 550 g/mol. The van der Waals surface area contributed by atoms with E-state index in [0.29, 0.717) is 16.7 Å². The predicted molar refractivity (Wildman–Crippen MR) is 133 cm³/mol. The first-order chi connectivity index (χ1) is 17.4. The van der Waals surface area contributed by atoms with Crippen LogP contribution in [0, 0.1) is 0 Å². The molecule has 0 saturated carbocycles. The third-order valence-corrected chi connectivity index (χ3v) is 7.69. The Hall–Kier alpha value is -1.71. The molecule has 3 saturated heterocycles.